The predicted molar refractivity (Wildman–Crippen MR) is 155 cm³/mol. The average Bonchev–Trinajstić information content (AvgIpc) is 3.46. The fourth-order valence-corrected chi connectivity index (χ4v) is 6.87. The van der Waals surface area contributed by atoms with Crippen molar-refractivity contribution in [3.63, 3.8) is 0 Å². The van der Waals surface area contributed by atoms with Gasteiger partial charge in [0.1, 0.15) is 30.2 Å². The van der Waals surface area contributed by atoms with Crippen LogP contribution in [0.4, 0.5) is 4.39 Å². The number of benzene rings is 1. The van der Waals surface area contributed by atoms with Gasteiger partial charge in [0.2, 0.25) is 17.7 Å². The monoisotopic (exact) mass is 597 g/mol. The molecule has 12 heteroatoms. The predicted octanol–water partition coefficient (Wildman–Crippen LogP) is 1.51. The Morgan fingerprint density at radius 1 is 1.19 bits per heavy atom. The van der Waals surface area contributed by atoms with Crippen molar-refractivity contribution in [2.75, 3.05) is 19.7 Å². The number of aliphatic hydroxyl groups excluding tert-OH is 1. The normalized spacial score (nSPS) is 25.6. The van der Waals surface area contributed by atoms with Gasteiger partial charge in [-0.05, 0) is 53.7 Å². The number of aromatic nitrogens is 1. The molecule has 3 heterocycles. The van der Waals surface area contributed by atoms with Crippen LogP contribution in [0, 0.1) is 34.4 Å². The molecule has 232 valence electrons. The Balaban J connectivity index is 1.38. The zero-order valence-electron chi connectivity index (χ0n) is 25.1. The number of Topliss-reactive ketones (excluding diaryl/α,β-unsaturated/α-hetero) is 1. The molecule has 1 aromatic heterocycles. The Labute approximate surface area is 249 Å². The third-order valence-electron chi connectivity index (χ3n) is 9.55. The summed E-state index contributed by atoms with van der Waals surface area (Å²) in [6.45, 7) is 9.46. The molecule has 1 aromatic carbocycles. The number of nitrogens with zero attached hydrogens (tertiary/aromatic N) is 1. The summed E-state index contributed by atoms with van der Waals surface area (Å²) in [5.41, 5.74) is -0.416. The molecule has 5 rings (SSSR count). The van der Waals surface area contributed by atoms with E-state index in [2.05, 4.69) is 20.9 Å². The Bertz CT molecular complexity index is 1480. The van der Waals surface area contributed by atoms with E-state index >= 15 is 0 Å². The lowest BCUT2D eigenvalue weighted by atomic mass is 9.85. The van der Waals surface area contributed by atoms with E-state index in [4.69, 9.17) is 0 Å². The standard InChI is InChI=1S/C31H40FN5O6/c1-30(2,3)25(36-27(41)21-12-16-18(32)7-6-8-19(16)34-21)29(43)37-13-17-23(31(17,4)5)24(37)28(42)35-20(22(39)14-38)11-15-9-10-33-26(15)40/h6-8,12,15,17,20,23-25,34,38H,9-11,13-14H2,1-5H3,(H,33,40)(H,35,42)(H,36,41)/t15-,17-,20-,23-,24-,25+/m0/s1. The fraction of sp³-hybridized carbons (Fsp3) is 0.581. The van der Waals surface area contributed by atoms with Gasteiger partial charge in [0, 0.05) is 29.9 Å². The van der Waals surface area contributed by atoms with E-state index in [0.29, 0.717) is 25.0 Å². The Kier molecular flexibility index (Phi) is 7.87. The number of amides is 4. The first-order valence-electron chi connectivity index (χ1n) is 14.8. The summed E-state index contributed by atoms with van der Waals surface area (Å²) in [6, 6.07) is 2.88. The van der Waals surface area contributed by atoms with Crippen LogP contribution in [0.2, 0.25) is 0 Å². The van der Waals surface area contributed by atoms with Crippen LogP contribution in [0.25, 0.3) is 10.9 Å². The zero-order chi connectivity index (χ0) is 31.4. The molecule has 3 aliphatic rings. The summed E-state index contributed by atoms with van der Waals surface area (Å²) in [6.07, 6.45) is 0.576. The quantitative estimate of drug-likeness (QED) is 0.295. The minimum absolute atomic E-state index is 0.0489. The lowest BCUT2D eigenvalue weighted by Crippen LogP contribution is -2.60. The summed E-state index contributed by atoms with van der Waals surface area (Å²) >= 11 is 0. The molecule has 0 spiro atoms. The minimum atomic E-state index is -1.08. The van der Waals surface area contributed by atoms with Crippen LogP contribution in [0.15, 0.2) is 24.3 Å². The highest BCUT2D eigenvalue weighted by Crippen LogP contribution is 2.65. The molecule has 2 aliphatic heterocycles. The SMILES string of the molecule is CC(C)(C)[C@H](NC(=O)c1cc2c(F)cccc2[nH]1)C(=O)N1C[C@H]2[C@@H]([C@H]1C(=O)N[C@@H](C[C@@H]1CCNC1=O)C(=O)CO)C2(C)C. The van der Waals surface area contributed by atoms with E-state index < -0.39 is 65.4 Å². The summed E-state index contributed by atoms with van der Waals surface area (Å²) in [5.74, 6) is -3.41. The molecule has 2 aromatic rings. The number of aliphatic hydroxyl groups is 1. The number of ketones is 1. The van der Waals surface area contributed by atoms with Gasteiger partial charge < -0.3 is 30.9 Å². The van der Waals surface area contributed by atoms with Crippen LogP contribution in [0.5, 0.6) is 0 Å². The molecule has 43 heavy (non-hydrogen) atoms. The van der Waals surface area contributed by atoms with E-state index in [0.717, 1.165) is 0 Å². The maximum atomic E-state index is 14.3. The second-order valence-electron chi connectivity index (χ2n) is 13.7. The van der Waals surface area contributed by atoms with E-state index in [1.807, 2.05) is 13.8 Å². The highest BCUT2D eigenvalue weighted by atomic mass is 19.1. The van der Waals surface area contributed by atoms with Crippen molar-refractivity contribution in [1.82, 2.24) is 25.8 Å². The van der Waals surface area contributed by atoms with E-state index in [1.165, 1.54) is 23.1 Å². The van der Waals surface area contributed by atoms with Gasteiger partial charge in [-0.15, -0.1) is 0 Å². The van der Waals surface area contributed by atoms with E-state index in [9.17, 15) is 33.5 Å². The van der Waals surface area contributed by atoms with Crippen LogP contribution in [0.1, 0.15) is 57.9 Å². The lowest BCUT2D eigenvalue weighted by Gasteiger charge is -2.38. The van der Waals surface area contributed by atoms with Gasteiger partial charge in [0.15, 0.2) is 5.78 Å². The maximum absolute atomic E-state index is 14.3. The number of rotatable bonds is 9. The molecule has 0 bridgehead atoms. The molecule has 3 fully saturated rings. The first-order valence-corrected chi connectivity index (χ1v) is 14.8. The molecule has 5 N–H and O–H groups in total. The van der Waals surface area contributed by atoms with E-state index in [-0.39, 0.29) is 40.7 Å². The number of nitrogens with one attached hydrogen (secondary N) is 4. The maximum Gasteiger partial charge on any atom is 0.268 e. The summed E-state index contributed by atoms with van der Waals surface area (Å²) in [4.78, 5) is 70.5. The molecule has 2 saturated heterocycles. The second-order valence-corrected chi connectivity index (χ2v) is 13.7. The largest absolute Gasteiger partial charge is 0.389 e. The van der Waals surface area contributed by atoms with Crippen LogP contribution in [0.3, 0.4) is 0 Å². The number of carbonyl (C=O) groups is 5. The minimum Gasteiger partial charge on any atom is -0.389 e. The fourth-order valence-electron chi connectivity index (χ4n) is 6.87. The van der Waals surface area contributed by atoms with Crippen LogP contribution < -0.4 is 16.0 Å². The average molecular weight is 598 g/mol. The second kappa shape index (κ2) is 11.0. The zero-order valence-corrected chi connectivity index (χ0v) is 25.1. The van der Waals surface area contributed by atoms with Gasteiger partial charge in [-0.1, -0.05) is 40.7 Å². The molecular formula is C31H40FN5O6. The van der Waals surface area contributed by atoms with E-state index in [1.54, 1.807) is 26.8 Å². The first-order chi connectivity index (χ1) is 20.1. The number of piperidine rings is 1. The number of likely N-dealkylation sites (tertiary alicyclic amines) is 1. The summed E-state index contributed by atoms with van der Waals surface area (Å²) in [7, 11) is 0. The lowest BCUT2D eigenvalue weighted by molar-refractivity contribution is -0.144. The number of carbonyl (C=O) groups excluding carboxylic acids is 5. The van der Waals surface area contributed by atoms with Crippen molar-refractivity contribution in [3.05, 3.63) is 35.8 Å². The molecule has 0 unspecified atom stereocenters. The molecule has 4 amide bonds. The van der Waals surface area contributed by atoms with Gasteiger partial charge in [0.05, 0.1) is 6.04 Å². The van der Waals surface area contributed by atoms with Gasteiger partial charge >= 0.3 is 0 Å². The van der Waals surface area contributed by atoms with Crippen molar-refractivity contribution in [2.45, 2.75) is 65.6 Å². The third-order valence-corrected chi connectivity index (χ3v) is 9.55. The van der Waals surface area contributed by atoms with Crippen LogP contribution >= 0.6 is 0 Å². The number of hydrogen-bond acceptors (Lipinski definition) is 6. The smallest absolute Gasteiger partial charge is 0.268 e. The molecular weight excluding hydrogens is 557 g/mol. The number of fused-ring (bicyclic) bond motifs is 2. The molecule has 1 aliphatic carbocycles. The van der Waals surface area contributed by atoms with Crippen molar-refractivity contribution in [3.8, 4) is 0 Å². The first kappa shape index (κ1) is 30.7. The van der Waals surface area contributed by atoms with Gasteiger partial charge in [-0.25, -0.2) is 4.39 Å². The van der Waals surface area contributed by atoms with Gasteiger partial charge in [-0.2, -0.15) is 0 Å². The van der Waals surface area contributed by atoms with Crippen molar-refractivity contribution >= 4 is 40.3 Å². The number of hydrogen-bond donors (Lipinski definition) is 5. The number of halogens is 1. The summed E-state index contributed by atoms with van der Waals surface area (Å²) < 4.78 is 14.3. The Hall–Kier alpha value is -3.80. The highest BCUT2D eigenvalue weighted by molar-refractivity contribution is 6.01. The number of H-pyrrole nitrogens is 1. The van der Waals surface area contributed by atoms with Gasteiger partial charge in [-0.3, -0.25) is 24.0 Å². The molecule has 6 atom stereocenters. The van der Waals surface area contributed by atoms with Crippen LogP contribution in [-0.4, -0.2) is 82.2 Å². The van der Waals surface area contributed by atoms with Crippen LogP contribution in [-0.2, 0) is 19.2 Å². The molecule has 1 saturated carbocycles. The Morgan fingerprint density at radius 3 is 2.51 bits per heavy atom. The topological polar surface area (TPSA) is 161 Å². The van der Waals surface area contributed by atoms with Crippen molar-refractivity contribution in [1.29, 1.82) is 0 Å². The Morgan fingerprint density at radius 2 is 1.91 bits per heavy atom. The molecule has 11 nitrogen and oxygen atoms in total. The van der Waals surface area contributed by atoms with Crippen molar-refractivity contribution < 1.29 is 33.5 Å². The highest BCUT2D eigenvalue weighted by Gasteiger charge is 2.70. The van der Waals surface area contributed by atoms with Gasteiger partial charge in [0.25, 0.3) is 5.91 Å². The summed E-state index contributed by atoms with van der Waals surface area (Å²) in [5, 5.41) is 18.1. The number of aromatic amines is 1. The van der Waals surface area contributed by atoms with Crippen molar-refractivity contribution in [2.24, 2.45) is 28.6 Å². The third kappa shape index (κ3) is 5.64. The molecule has 0 radical (unpaired) electrons.